The maximum Gasteiger partial charge on any atom is 0.335 e. The van der Waals surface area contributed by atoms with E-state index in [9.17, 15) is 4.79 Å². The van der Waals surface area contributed by atoms with Crippen molar-refractivity contribution in [2.24, 2.45) is 0 Å². The molecule has 0 amide bonds. The van der Waals surface area contributed by atoms with Crippen molar-refractivity contribution in [3.8, 4) is 16.8 Å². The van der Waals surface area contributed by atoms with Crippen LogP contribution in [0.15, 0.2) is 67.0 Å². The largest absolute Gasteiger partial charge is 0.478 e. The van der Waals surface area contributed by atoms with E-state index in [2.05, 4.69) is 19.1 Å². The zero-order chi connectivity index (χ0) is 14.8. The number of aromatic nitrogens is 1. The molecule has 0 saturated carbocycles. The van der Waals surface area contributed by atoms with Crippen LogP contribution in [0.3, 0.4) is 0 Å². The second-order valence-electron chi connectivity index (χ2n) is 5.03. The molecule has 21 heavy (non-hydrogen) atoms. The van der Waals surface area contributed by atoms with E-state index in [0.717, 1.165) is 16.8 Å². The molecule has 0 atom stereocenters. The van der Waals surface area contributed by atoms with Gasteiger partial charge in [-0.15, -0.1) is 0 Å². The molecule has 1 heterocycles. The highest BCUT2D eigenvalue weighted by Crippen LogP contribution is 2.23. The van der Waals surface area contributed by atoms with Crippen molar-refractivity contribution in [1.82, 2.24) is 4.57 Å². The van der Waals surface area contributed by atoms with Crippen LogP contribution in [0.25, 0.3) is 16.8 Å². The van der Waals surface area contributed by atoms with E-state index in [0.29, 0.717) is 5.56 Å². The normalized spacial score (nSPS) is 10.5. The maximum atomic E-state index is 11.0. The highest BCUT2D eigenvalue weighted by Gasteiger charge is 2.06. The van der Waals surface area contributed by atoms with Crippen molar-refractivity contribution < 1.29 is 9.90 Å². The first-order valence-corrected chi connectivity index (χ1v) is 6.72. The van der Waals surface area contributed by atoms with Gasteiger partial charge in [0.05, 0.1) is 5.56 Å². The van der Waals surface area contributed by atoms with Gasteiger partial charge in [-0.05, 0) is 53.9 Å². The first-order valence-electron chi connectivity index (χ1n) is 6.72. The van der Waals surface area contributed by atoms with E-state index >= 15 is 0 Å². The van der Waals surface area contributed by atoms with Gasteiger partial charge in [0, 0.05) is 18.1 Å². The highest BCUT2D eigenvalue weighted by molar-refractivity contribution is 5.89. The summed E-state index contributed by atoms with van der Waals surface area (Å²) < 4.78 is 2.04. The van der Waals surface area contributed by atoms with Gasteiger partial charge in [0.25, 0.3) is 0 Å². The lowest BCUT2D eigenvalue weighted by Gasteiger charge is -2.04. The third-order valence-electron chi connectivity index (χ3n) is 3.44. The van der Waals surface area contributed by atoms with Crippen LogP contribution in [0.2, 0.25) is 0 Å². The van der Waals surface area contributed by atoms with Crippen LogP contribution in [0, 0.1) is 6.92 Å². The number of aromatic carboxylic acids is 1. The van der Waals surface area contributed by atoms with Crippen LogP contribution in [-0.2, 0) is 0 Å². The molecule has 3 aromatic rings. The lowest BCUT2D eigenvalue weighted by atomic mass is 10.1. The third kappa shape index (κ3) is 2.72. The number of carbonyl (C=O) groups is 1. The van der Waals surface area contributed by atoms with Gasteiger partial charge in [0.2, 0.25) is 0 Å². The van der Waals surface area contributed by atoms with Gasteiger partial charge in [-0.1, -0.05) is 24.3 Å². The minimum atomic E-state index is -0.907. The first-order chi connectivity index (χ1) is 10.1. The molecular weight excluding hydrogens is 262 g/mol. The van der Waals surface area contributed by atoms with Gasteiger partial charge < -0.3 is 9.67 Å². The topological polar surface area (TPSA) is 42.2 Å². The van der Waals surface area contributed by atoms with Gasteiger partial charge in [-0.2, -0.15) is 0 Å². The molecule has 1 aromatic heterocycles. The van der Waals surface area contributed by atoms with E-state index in [1.807, 2.05) is 41.2 Å². The molecule has 3 heteroatoms. The van der Waals surface area contributed by atoms with E-state index in [1.165, 1.54) is 5.56 Å². The number of aryl methyl sites for hydroxylation is 1. The van der Waals surface area contributed by atoms with Gasteiger partial charge in [0.1, 0.15) is 0 Å². The van der Waals surface area contributed by atoms with Crippen LogP contribution in [0.4, 0.5) is 0 Å². The summed E-state index contributed by atoms with van der Waals surface area (Å²) in [4.78, 5) is 11.0. The fraction of sp³-hybridized carbons (Fsp3) is 0.0556. The molecule has 0 aliphatic rings. The van der Waals surface area contributed by atoms with Crippen molar-refractivity contribution >= 4 is 5.97 Å². The van der Waals surface area contributed by atoms with Crippen molar-refractivity contribution in [2.75, 3.05) is 0 Å². The number of carboxylic acid groups (broad SMARTS) is 1. The van der Waals surface area contributed by atoms with Gasteiger partial charge >= 0.3 is 5.97 Å². The summed E-state index contributed by atoms with van der Waals surface area (Å²) >= 11 is 0. The van der Waals surface area contributed by atoms with Crippen molar-refractivity contribution in [3.63, 3.8) is 0 Å². The Bertz CT molecular complexity index is 802. The molecule has 2 aromatic carbocycles. The summed E-state index contributed by atoms with van der Waals surface area (Å²) in [7, 11) is 0. The first kappa shape index (κ1) is 13.2. The predicted molar refractivity (Wildman–Crippen MR) is 82.9 cm³/mol. The number of carboxylic acids is 1. The average molecular weight is 277 g/mol. The number of hydrogen-bond acceptors (Lipinski definition) is 1. The SMILES string of the molecule is Cc1cccc(-n2ccc(-c3cccc(C(=O)O)c3)c2)c1. The lowest BCUT2D eigenvalue weighted by Crippen LogP contribution is -1.95. The van der Waals surface area contributed by atoms with E-state index in [-0.39, 0.29) is 0 Å². The smallest absolute Gasteiger partial charge is 0.335 e. The monoisotopic (exact) mass is 277 g/mol. The molecule has 0 aliphatic carbocycles. The fourth-order valence-corrected chi connectivity index (χ4v) is 2.35. The van der Waals surface area contributed by atoms with E-state index in [1.54, 1.807) is 18.2 Å². The summed E-state index contributed by atoms with van der Waals surface area (Å²) in [6, 6.07) is 17.2. The molecule has 3 rings (SSSR count). The molecule has 0 aliphatic heterocycles. The Morgan fingerprint density at radius 3 is 2.57 bits per heavy atom. The minimum absolute atomic E-state index is 0.302. The maximum absolute atomic E-state index is 11.0. The van der Waals surface area contributed by atoms with Crippen molar-refractivity contribution in [1.29, 1.82) is 0 Å². The standard InChI is InChI=1S/C18H15NO2/c1-13-4-2-7-17(10-13)19-9-8-16(12-19)14-5-3-6-15(11-14)18(20)21/h2-12H,1H3,(H,20,21). The number of benzene rings is 2. The molecule has 0 fully saturated rings. The van der Waals surface area contributed by atoms with Crippen LogP contribution >= 0.6 is 0 Å². The van der Waals surface area contributed by atoms with Crippen LogP contribution in [-0.4, -0.2) is 15.6 Å². The molecule has 0 bridgehead atoms. The average Bonchev–Trinajstić information content (AvgIpc) is 2.97. The molecule has 1 N–H and O–H groups in total. The molecule has 0 unspecified atom stereocenters. The molecule has 3 nitrogen and oxygen atoms in total. The summed E-state index contributed by atoms with van der Waals surface area (Å²) in [5.41, 5.74) is 4.50. The summed E-state index contributed by atoms with van der Waals surface area (Å²) in [6.07, 6.45) is 3.99. The Morgan fingerprint density at radius 1 is 1.00 bits per heavy atom. The molecule has 0 spiro atoms. The Balaban J connectivity index is 1.98. The third-order valence-corrected chi connectivity index (χ3v) is 3.44. The molecule has 104 valence electrons. The molecule has 0 saturated heterocycles. The fourth-order valence-electron chi connectivity index (χ4n) is 2.35. The quantitative estimate of drug-likeness (QED) is 0.781. The predicted octanol–water partition coefficient (Wildman–Crippen LogP) is 4.15. The van der Waals surface area contributed by atoms with Crippen LogP contribution in [0.1, 0.15) is 15.9 Å². The summed E-state index contributed by atoms with van der Waals surface area (Å²) in [5, 5.41) is 9.06. The number of nitrogens with zero attached hydrogens (tertiary/aromatic N) is 1. The Morgan fingerprint density at radius 2 is 1.81 bits per heavy atom. The van der Waals surface area contributed by atoms with Gasteiger partial charge in [0.15, 0.2) is 0 Å². The zero-order valence-electron chi connectivity index (χ0n) is 11.7. The molecular formula is C18H15NO2. The minimum Gasteiger partial charge on any atom is -0.478 e. The van der Waals surface area contributed by atoms with Gasteiger partial charge in [-0.3, -0.25) is 0 Å². The number of rotatable bonds is 3. The number of hydrogen-bond donors (Lipinski definition) is 1. The van der Waals surface area contributed by atoms with Crippen LogP contribution < -0.4 is 0 Å². The highest BCUT2D eigenvalue weighted by atomic mass is 16.4. The Hall–Kier alpha value is -2.81. The summed E-state index contributed by atoms with van der Waals surface area (Å²) in [5.74, 6) is -0.907. The van der Waals surface area contributed by atoms with Crippen LogP contribution in [0.5, 0.6) is 0 Å². The second-order valence-corrected chi connectivity index (χ2v) is 5.03. The van der Waals surface area contributed by atoms with E-state index < -0.39 is 5.97 Å². The lowest BCUT2D eigenvalue weighted by molar-refractivity contribution is 0.0697. The Labute approximate surface area is 123 Å². The second kappa shape index (κ2) is 5.29. The zero-order valence-corrected chi connectivity index (χ0v) is 11.7. The van der Waals surface area contributed by atoms with Crippen molar-refractivity contribution in [3.05, 3.63) is 78.1 Å². The van der Waals surface area contributed by atoms with Crippen molar-refractivity contribution in [2.45, 2.75) is 6.92 Å². The van der Waals surface area contributed by atoms with Gasteiger partial charge in [-0.25, -0.2) is 4.79 Å². The van der Waals surface area contributed by atoms with E-state index in [4.69, 9.17) is 5.11 Å². The summed E-state index contributed by atoms with van der Waals surface area (Å²) in [6.45, 7) is 2.06. The Kier molecular flexibility index (Phi) is 3.32. The molecule has 0 radical (unpaired) electrons.